The van der Waals surface area contributed by atoms with Crippen LogP contribution in [0.25, 0.3) is 10.2 Å². The summed E-state index contributed by atoms with van der Waals surface area (Å²) in [5, 5.41) is 0. The molecule has 0 aliphatic rings. The molecule has 6 heteroatoms. The van der Waals surface area contributed by atoms with Crippen LogP contribution in [0.3, 0.4) is 0 Å². The molecule has 0 aliphatic heterocycles. The molecule has 0 radical (unpaired) electrons. The number of hydrogen-bond acceptors (Lipinski definition) is 2. The van der Waals surface area contributed by atoms with Crippen molar-refractivity contribution in [3.63, 3.8) is 0 Å². The lowest BCUT2D eigenvalue weighted by Gasteiger charge is -2.01. The molecule has 1 aromatic heterocycles. The summed E-state index contributed by atoms with van der Waals surface area (Å²) in [5.74, 6) is -2.36. The summed E-state index contributed by atoms with van der Waals surface area (Å²) in [5.41, 5.74) is 3.02. The minimum absolute atomic E-state index is 0.240. The van der Waals surface area contributed by atoms with Gasteiger partial charge >= 0.3 is 0 Å². The normalized spacial score (nSPS) is 12.1. The lowest BCUT2D eigenvalue weighted by Crippen LogP contribution is -2.14. The highest BCUT2D eigenvalue weighted by molar-refractivity contribution is 7.16. The summed E-state index contributed by atoms with van der Waals surface area (Å²) < 4.78 is 29.4. The molecule has 0 saturated heterocycles. The van der Waals surface area contributed by atoms with Crippen molar-refractivity contribution in [2.24, 2.45) is 12.0 Å². The van der Waals surface area contributed by atoms with E-state index in [0.29, 0.717) is 10.9 Å². The molecule has 1 amide bonds. The number of aromatic nitrogens is 1. The SMILES string of the molecule is Cc1cc2sc(=NC(=O)c3ccc(F)cc3F)n(C)c2cc1C. The summed E-state index contributed by atoms with van der Waals surface area (Å²) in [4.78, 5) is 16.6. The zero-order valence-electron chi connectivity index (χ0n) is 12.9. The summed E-state index contributed by atoms with van der Waals surface area (Å²) >= 11 is 1.36. The molecule has 1 heterocycles. The third-order valence-corrected chi connectivity index (χ3v) is 4.88. The van der Waals surface area contributed by atoms with Crippen molar-refractivity contribution in [1.29, 1.82) is 0 Å². The number of carbonyl (C=O) groups is 1. The van der Waals surface area contributed by atoms with E-state index in [1.165, 1.54) is 11.3 Å². The van der Waals surface area contributed by atoms with Gasteiger partial charge in [0.1, 0.15) is 11.6 Å². The molecule has 0 unspecified atom stereocenters. The van der Waals surface area contributed by atoms with E-state index in [9.17, 15) is 13.6 Å². The molecule has 0 atom stereocenters. The summed E-state index contributed by atoms with van der Waals surface area (Å²) in [6.45, 7) is 4.03. The molecule has 0 bridgehead atoms. The van der Waals surface area contributed by atoms with Crippen LogP contribution in [0.1, 0.15) is 21.5 Å². The lowest BCUT2D eigenvalue weighted by molar-refractivity contribution is 0.0994. The molecule has 0 saturated carbocycles. The Labute approximate surface area is 135 Å². The van der Waals surface area contributed by atoms with Crippen molar-refractivity contribution < 1.29 is 13.6 Å². The number of halogens is 2. The van der Waals surface area contributed by atoms with Gasteiger partial charge in [0.2, 0.25) is 0 Å². The van der Waals surface area contributed by atoms with Gasteiger partial charge in [-0.2, -0.15) is 4.99 Å². The Bertz CT molecular complexity index is 1000. The average Bonchev–Trinajstić information content (AvgIpc) is 2.76. The second-order valence-electron chi connectivity index (χ2n) is 5.39. The Hall–Kier alpha value is -2.34. The Morgan fingerprint density at radius 3 is 2.52 bits per heavy atom. The Morgan fingerprint density at radius 2 is 1.83 bits per heavy atom. The van der Waals surface area contributed by atoms with Gasteiger partial charge in [0.05, 0.1) is 15.8 Å². The predicted octanol–water partition coefficient (Wildman–Crippen LogP) is 3.88. The van der Waals surface area contributed by atoms with Crippen LogP contribution in [0.15, 0.2) is 35.3 Å². The van der Waals surface area contributed by atoms with Gasteiger partial charge in [0.15, 0.2) is 4.80 Å². The number of benzene rings is 2. The van der Waals surface area contributed by atoms with E-state index in [1.54, 1.807) is 11.6 Å². The maximum atomic E-state index is 13.7. The highest BCUT2D eigenvalue weighted by Gasteiger charge is 2.13. The van der Waals surface area contributed by atoms with Gasteiger partial charge < -0.3 is 4.57 Å². The summed E-state index contributed by atoms with van der Waals surface area (Å²) in [6, 6.07) is 6.91. The highest BCUT2D eigenvalue weighted by atomic mass is 32.1. The van der Waals surface area contributed by atoms with Crippen LogP contribution >= 0.6 is 11.3 Å². The van der Waals surface area contributed by atoms with Crippen LogP contribution in [0, 0.1) is 25.5 Å². The van der Waals surface area contributed by atoms with Gasteiger partial charge in [0, 0.05) is 13.1 Å². The standard InChI is InChI=1S/C17H14F2N2OS/c1-9-6-14-15(7-10(9)2)23-17(21(14)3)20-16(22)12-5-4-11(18)8-13(12)19/h4-8H,1-3H3. The molecule has 3 rings (SSSR count). The fraction of sp³-hybridized carbons (Fsp3) is 0.176. The highest BCUT2D eigenvalue weighted by Crippen LogP contribution is 2.21. The maximum Gasteiger partial charge on any atom is 0.282 e. The van der Waals surface area contributed by atoms with Crippen molar-refractivity contribution in [3.05, 3.63) is 63.5 Å². The number of amides is 1. The first-order chi connectivity index (χ1) is 10.9. The van der Waals surface area contributed by atoms with E-state index in [2.05, 4.69) is 4.99 Å². The number of rotatable bonds is 1. The largest absolute Gasteiger partial charge is 0.319 e. The molecule has 3 aromatic rings. The first-order valence-electron chi connectivity index (χ1n) is 6.97. The average molecular weight is 332 g/mol. The molecule has 2 aromatic carbocycles. The van der Waals surface area contributed by atoms with Crippen molar-refractivity contribution in [1.82, 2.24) is 4.57 Å². The lowest BCUT2D eigenvalue weighted by atomic mass is 10.1. The zero-order chi connectivity index (χ0) is 16.7. The second-order valence-corrected chi connectivity index (χ2v) is 6.40. The van der Waals surface area contributed by atoms with E-state index in [1.807, 2.05) is 26.0 Å². The molecule has 23 heavy (non-hydrogen) atoms. The third kappa shape index (κ3) is 2.82. The van der Waals surface area contributed by atoms with Crippen LogP contribution < -0.4 is 4.80 Å². The summed E-state index contributed by atoms with van der Waals surface area (Å²) in [6.07, 6.45) is 0. The Balaban J connectivity index is 2.14. The number of thiazole rings is 1. The van der Waals surface area contributed by atoms with Crippen molar-refractivity contribution in [2.45, 2.75) is 13.8 Å². The number of aryl methyl sites for hydroxylation is 3. The number of nitrogens with zero attached hydrogens (tertiary/aromatic N) is 2. The quantitative estimate of drug-likeness (QED) is 0.666. The molecule has 118 valence electrons. The first-order valence-corrected chi connectivity index (χ1v) is 7.79. The van der Waals surface area contributed by atoms with Crippen LogP contribution in [-0.4, -0.2) is 10.5 Å². The maximum absolute atomic E-state index is 13.7. The number of hydrogen-bond donors (Lipinski definition) is 0. The smallest absolute Gasteiger partial charge is 0.282 e. The van der Waals surface area contributed by atoms with Crippen LogP contribution in [0.2, 0.25) is 0 Å². The minimum atomic E-state index is -0.908. The molecule has 0 spiro atoms. The molecule has 0 aliphatic carbocycles. The zero-order valence-corrected chi connectivity index (χ0v) is 13.7. The van der Waals surface area contributed by atoms with Gasteiger partial charge in [0.25, 0.3) is 5.91 Å². The Kier molecular flexibility index (Phi) is 3.85. The van der Waals surface area contributed by atoms with E-state index in [4.69, 9.17) is 0 Å². The van der Waals surface area contributed by atoms with Gasteiger partial charge in [-0.15, -0.1) is 0 Å². The molecule has 0 fully saturated rings. The topological polar surface area (TPSA) is 34.4 Å². The molecular formula is C17H14F2N2OS. The third-order valence-electron chi connectivity index (χ3n) is 3.78. The Morgan fingerprint density at radius 1 is 1.13 bits per heavy atom. The fourth-order valence-corrected chi connectivity index (χ4v) is 3.39. The van der Waals surface area contributed by atoms with Crippen molar-refractivity contribution in [3.8, 4) is 0 Å². The summed E-state index contributed by atoms with van der Waals surface area (Å²) in [7, 11) is 1.81. The van der Waals surface area contributed by atoms with Crippen LogP contribution in [0.4, 0.5) is 8.78 Å². The molecular weight excluding hydrogens is 318 g/mol. The van der Waals surface area contributed by atoms with Gasteiger partial charge in [-0.1, -0.05) is 11.3 Å². The van der Waals surface area contributed by atoms with Gasteiger partial charge in [-0.3, -0.25) is 4.79 Å². The monoisotopic (exact) mass is 332 g/mol. The molecule has 3 nitrogen and oxygen atoms in total. The molecule has 0 N–H and O–H groups in total. The second kappa shape index (κ2) is 5.70. The minimum Gasteiger partial charge on any atom is -0.319 e. The van der Waals surface area contributed by atoms with E-state index in [-0.39, 0.29) is 5.56 Å². The fourth-order valence-electron chi connectivity index (χ4n) is 2.30. The first kappa shape index (κ1) is 15.6. The van der Waals surface area contributed by atoms with Crippen LogP contribution in [0.5, 0.6) is 0 Å². The van der Waals surface area contributed by atoms with Gasteiger partial charge in [-0.25, -0.2) is 8.78 Å². The van der Waals surface area contributed by atoms with Gasteiger partial charge in [-0.05, 0) is 49.2 Å². The van der Waals surface area contributed by atoms with Crippen LogP contribution in [-0.2, 0) is 7.05 Å². The van der Waals surface area contributed by atoms with E-state index in [0.717, 1.165) is 33.5 Å². The predicted molar refractivity (Wildman–Crippen MR) is 86.5 cm³/mol. The number of carbonyl (C=O) groups excluding carboxylic acids is 1. The van der Waals surface area contributed by atoms with Crippen molar-refractivity contribution >= 4 is 27.5 Å². The van der Waals surface area contributed by atoms with E-state index >= 15 is 0 Å². The number of fused-ring (bicyclic) bond motifs is 1. The van der Waals surface area contributed by atoms with Crippen molar-refractivity contribution in [2.75, 3.05) is 0 Å². The van der Waals surface area contributed by atoms with E-state index < -0.39 is 17.5 Å².